The van der Waals surface area contributed by atoms with Crippen molar-refractivity contribution in [3.8, 4) is 0 Å². The highest BCUT2D eigenvalue weighted by molar-refractivity contribution is 6.12. The Bertz CT molecular complexity index is 1120. The van der Waals surface area contributed by atoms with Crippen molar-refractivity contribution >= 4 is 29.1 Å². The van der Waals surface area contributed by atoms with Gasteiger partial charge in [-0.1, -0.05) is 30.7 Å². The molecule has 2 amide bonds. The van der Waals surface area contributed by atoms with Crippen LogP contribution in [0.3, 0.4) is 0 Å². The summed E-state index contributed by atoms with van der Waals surface area (Å²) >= 11 is 0. The standard InChI is InChI=1S/C26H26N2O4/c29-25(20-14-15-31-17-20)28-23-9-5-4-6-18(23)10-11-19-12-13-21(16-24(19)28)27-26(30)32-22-7-2-1-3-8-22/h4-6,9,12-17,22H,1-3,7-8,10-11H2,(H,27,30). The third kappa shape index (κ3) is 4.13. The van der Waals surface area contributed by atoms with Crippen LogP contribution >= 0.6 is 0 Å². The smallest absolute Gasteiger partial charge is 0.411 e. The van der Waals surface area contributed by atoms with E-state index in [0.29, 0.717) is 11.3 Å². The molecule has 2 aliphatic rings. The van der Waals surface area contributed by atoms with E-state index in [-0.39, 0.29) is 12.0 Å². The van der Waals surface area contributed by atoms with Gasteiger partial charge < -0.3 is 9.15 Å². The van der Waals surface area contributed by atoms with Crippen molar-refractivity contribution in [2.45, 2.75) is 51.0 Å². The molecule has 6 heteroatoms. The van der Waals surface area contributed by atoms with Gasteiger partial charge in [0.2, 0.25) is 0 Å². The number of benzene rings is 2. The molecule has 1 fully saturated rings. The van der Waals surface area contributed by atoms with Gasteiger partial charge in [0.05, 0.1) is 23.2 Å². The van der Waals surface area contributed by atoms with Crippen molar-refractivity contribution in [3.05, 3.63) is 77.7 Å². The number of amides is 2. The third-order valence-electron chi connectivity index (χ3n) is 6.27. The molecule has 2 aromatic carbocycles. The van der Waals surface area contributed by atoms with Gasteiger partial charge in [-0.2, -0.15) is 0 Å². The molecule has 2 heterocycles. The van der Waals surface area contributed by atoms with Gasteiger partial charge in [-0.05, 0) is 73.9 Å². The summed E-state index contributed by atoms with van der Waals surface area (Å²) in [4.78, 5) is 27.7. The average molecular weight is 431 g/mol. The number of rotatable bonds is 3. The van der Waals surface area contributed by atoms with E-state index in [9.17, 15) is 9.59 Å². The molecule has 0 atom stereocenters. The van der Waals surface area contributed by atoms with Crippen molar-refractivity contribution in [3.63, 3.8) is 0 Å². The number of ether oxygens (including phenoxy) is 1. The number of furan rings is 1. The Kier molecular flexibility index (Phi) is 5.67. The fraction of sp³-hybridized carbons (Fsp3) is 0.308. The second-order valence-electron chi connectivity index (χ2n) is 8.42. The minimum Gasteiger partial charge on any atom is -0.472 e. The summed E-state index contributed by atoms with van der Waals surface area (Å²) in [6.45, 7) is 0. The lowest BCUT2D eigenvalue weighted by Crippen LogP contribution is -2.27. The SMILES string of the molecule is O=C(Nc1ccc2c(c1)N(C(=O)c1ccoc1)c1ccccc1CC2)OC1CCCCC1. The lowest BCUT2D eigenvalue weighted by atomic mass is 9.98. The molecule has 0 unspecified atom stereocenters. The van der Waals surface area contributed by atoms with E-state index in [1.165, 1.54) is 18.9 Å². The first kappa shape index (κ1) is 20.4. The van der Waals surface area contributed by atoms with E-state index >= 15 is 0 Å². The topological polar surface area (TPSA) is 71.8 Å². The number of hydrogen-bond donors (Lipinski definition) is 1. The Hall–Kier alpha value is -3.54. The van der Waals surface area contributed by atoms with Crippen LogP contribution in [0.5, 0.6) is 0 Å². The molecule has 0 saturated heterocycles. The van der Waals surface area contributed by atoms with Crippen LogP contribution in [0.15, 0.2) is 65.5 Å². The maximum absolute atomic E-state index is 13.5. The molecular formula is C26H26N2O4. The number of nitrogens with one attached hydrogen (secondary N) is 1. The van der Waals surface area contributed by atoms with Crippen molar-refractivity contribution in [1.82, 2.24) is 0 Å². The van der Waals surface area contributed by atoms with Crippen molar-refractivity contribution in [2.75, 3.05) is 10.2 Å². The highest BCUT2D eigenvalue weighted by Gasteiger charge is 2.28. The molecule has 0 radical (unpaired) electrons. The predicted octanol–water partition coefficient (Wildman–Crippen LogP) is 6.24. The van der Waals surface area contributed by atoms with E-state index in [4.69, 9.17) is 9.15 Å². The Morgan fingerprint density at radius 3 is 2.50 bits per heavy atom. The minimum atomic E-state index is -0.446. The Labute approximate surface area is 187 Å². The molecule has 1 aliphatic heterocycles. The number of anilines is 3. The molecular weight excluding hydrogens is 404 g/mol. The maximum Gasteiger partial charge on any atom is 0.411 e. The lowest BCUT2D eigenvalue weighted by molar-refractivity contribution is 0.0865. The van der Waals surface area contributed by atoms with Crippen molar-refractivity contribution in [2.24, 2.45) is 0 Å². The van der Waals surface area contributed by atoms with Gasteiger partial charge in [0.1, 0.15) is 12.4 Å². The molecule has 1 aliphatic carbocycles. The number of carbonyl (C=O) groups excluding carboxylic acids is 2. The Balaban J connectivity index is 1.47. The molecule has 1 N–H and O–H groups in total. The number of carbonyl (C=O) groups is 2. The van der Waals surface area contributed by atoms with Gasteiger partial charge in [0.25, 0.3) is 5.91 Å². The molecule has 0 bridgehead atoms. The fourth-order valence-electron chi connectivity index (χ4n) is 4.62. The highest BCUT2D eigenvalue weighted by atomic mass is 16.6. The predicted molar refractivity (Wildman–Crippen MR) is 122 cm³/mol. The summed E-state index contributed by atoms with van der Waals surface area (Å²) in [5.41, 5.74) is 4.84. The first-order valence-electron chi connectivity index (χ1n) is 11.2. The zero-order valence-corrected chi connectivity index (χ0v) is 17.9. The van der Waals surface area contributed by atoms with Gasteiger partial charge >= 0.3 is 6.09 Å². The van der Waals surface area contributed by atoms with Crippen LogP contribution < -0.4 is 10.2 Å². The number of aryl methyl sites for hydroxylation is 2. The molecule has 6 nitrogen and oxygen atoms in total. The van der Waals surface area contributed by atoms with Crippen LogP contribution in [0, 0.1) is 0 Å². The maximum atomic E-state index is 13.5. The summed E-state index contributed by atoms with van der Waals surface area (Å²) < 4.78 is 10.8. The van der Waals surface area contributed by atoms with E-state index in [2.05, 4.69) is 11.4 Å². The highest BCUT2D eigenvalue weighted by Crippen LogP contribution is 2.38. The minimum absolute atomic E-state index is 0.0179. The second kappa shape index (κ2) is 8.91. The molecule has 0 spiro atoms. The van der Waals surface area contributed by atoms with Crippen LogP contribution in [0.1, 0.15) is 53.6 Å². The lowest BCUT2D eigenvalue weighted by Gasteiger charge is -2.25. The fourth-order valence-corrected chi connectivity index (χ4v) is 4.62. The molecule has 164 valence electrons. The average Bonchev–Trinajstić information content (AvgIpc) is 3.30. The van der Waals surface area contributed by atoms with Gasteiger partial charge in [-0.15, -0.1) is 0 Å². The van der Waals surface area contributed by atoms with Crippen LogP contribution in [-0.2, 0) is 17.6 Å². The summed E-state index contributed by atoms with van der Waals surface area (Å²) in [6, 6.07) is 15.3. The number of nitrogens with zero attached hydrogens (tertiary/aromatic N) is 1. The molecule has 5 rings (SSSR count). The monoisotopic (exact) mass is 430 g/mol. The van der Waals surface area contributed by atoms with Crippen LogP contribution in [0.4, 0.5) is 21.9 Å². The zero-order valence-electron chi connectivity index (χ0n) is 17.9. The molecule has 32 heavy (non-hydrogen) atoms. The summed E-state index contributed by atoms with van der Waals surface area (Å²) in [5.74, 6) is -0.170. The van der Waals surface area contributed by atoms with E-state index in [1.807, 2.05) is 36.4 Å². The summed E-state index contributed by atoms with van der Waals surface area (Å²) in [6.07, 6.45) is 9.35. The second-order valence-corrected chi connectivity index (χ2v) is 8.42. The first-order chi connectivity index (χ1) is 15.7. The molecule has 1 saturated carbocycles. The van der Waals surface area contributed by atoms with Crippen LogP contribution in [0.25, 0.3) is 0 Å². The number of fused-ring (bicyclic) bond motifs is 2. The van der Waals surface area contributed by atoms with Crippen molar-refractivity contribution < 1.29 is 18.7 Å². The Morgan fingerprint density at radius 1 is 0.938 bits per heavy atom. The summed E-state index contributed by atoms with van der Waals surface area (Å²) in [5, 5.41) is 2.86. The number of hydrogen-bond acceptors (Lipinski definition) is 4. The largest absolute Gasteiger partial charge is 0.472 e. The van der Waals surface area contributed by atoms with Crippen LogP contribution in [0.2, 0.25) is 0 Å². The number of para-hydroxylation sites is 1. The van der Waals surface area contributed by atoms with E-state index < -0.39 is 6.09 Å². The first-order valence-corrected chi connectivity index (χ1v) is 11.2. The van der Waals surface area contributed by atoms with Gasteiger partial charge in [-0.3, -0.25) is 15.0 Å². The third-order valence-corrected chi connectivity index (χ3v) is 6.27. The van der Waals surface area contributed by atoms with Gasteiger partial charge in [0, 0.05) is 5.69 Å². The quantitative estimate of drug-likeness (QED) is 0.534. The van der Waals surface area contributed by atoms with E-state index in [1.54, 1.807) is 11.0 Å². The normalized spacial score (nSPS) is 15.9. The van der Waals surface area contributed by atoms with E-state index in [0.717, 1.165) is 61.0 Å². The summed E-state index contributed by atoms with van der Waals surface area (Å²) in [7, 11) is 0. The van der Waals surface area contributed by atoms with Gasteiger partial charge in [0.15, 0.2) is 0 Å². The Morgan fingerprint density at radius 2 is 1.72 bits per heavy atom. The molecule has 3 aromatic rings. The van der Waals surface area contributed by atoms with Gasteiger partial charge in [-0.25, -0.2) is 4.79 Å². The molecule has 1 aromatic heterocycles. The van der Waals surface area contributed by atoms with Crippen molar-refractivity contribution in [1.29, 1.82) is 0 Å². The van der Waals surface area contributed by atoms with Crippen LogP contribution in [-0.4, -0.2) is 18.1 Å². The zero-order chi connectivity index (χ0) is 21.9.